The van der Waals surface area contributed by atoms with E-state index in [1.165, 1.54) is 6.42 Å². The number of rotatable bonds is 4. The van der Waals surface area contributed by atoms with Crippen LogP contribution < -0.4 is 5.56 Å². The van der Waals surface area contributed by atoms with Crippen molar-refractivity contribution in [3.8, 4) is 0 Å². The van der Waals surface area contributed by atoms with Crippen LogP contribution >= 0.6 is 0 Å². The number of pyridine rings is 1. The molecule has 0 saturated heterocycles. The molecule has 1 aliphatic rings. The van der Waals surface area contributed by atoms with Gasteiger partial charge in [0.1, 0.15) is 0 Å². The SMILES string of the molecule is Cc1ccccc1C(=O)N(Cc1cc2ccccc2[nH]c1=O)C1CCCCC1. The lowest BCUT2D eigenvalue weighted by molar-refractivity contribution is 0.0612. The highest BCUT2D eigenvalue weighted by Gasteiger charge is 2.28. The second kappa shape index (κ2) is 8.01. The highest BCUT2D eigenvalue weighted by molar-refractivity contribution is 5.95. The summed E-state index contributed by atoms with van der Waals surface area (Å²) in [5.41, 5.74) is 3.06. The highest BCUT2D eigenvalue weighted by Crippen LogP contribution is 2.26. The molecule has 0 radical (unpaired) electrons. The second-order valence-electron chi connectivity index (χ2n) is 7.75. The van der Waals surface area contributed by atoms with Crippen LogP contribution in [0.5, 0.6) is 0 Å². The summed E-state index contributed by atoms with van der Waals surface area (Å²) in [6.45, 7) is 2.31. The van der Waals surface area contributed by atoms with Crippen molar-refractivity contribution in [2.45, 2.75) is 51.6 Å². The van der Waals surface area contributed by atoms with Gasteiger partial charge in [0.15, 0.2) is 0 Å². The number of aromatic amines is 1. The number of H-pyrrole nitrogens is 1. The monoisotopic (exact) mass is 374 g/mol. The van der Waals surface area contributed by atoms with Gasteiger partial charge in [-0.1, -0.05) is 55.7 Å². The van der Waals surface area contributed by atoms with E-state index in [4.69, 9.17) is 0 Å². The molecule has 0 bridgehead atoms. The molecule has 1 saturated carbocycles. The van der Waals surface area contributed by atoms with E-state index < -0.39 is 0 Å². The molecular weight excluding hydrogens is 348 g/mol. The number of carbonyl (C=O) groups is 1. The number of carbonyl (C=O) groups excluding carboxylic acids is 1. The first-order chi connectivity index (χ1) is 13.6. The molecule has 3 aromatic rings. The number of para-hydroxylation sites is 1. The molecule has 28 heavy (non-hydrogen) atoms. The summed E-state index contributed by atoms with van der Waals surface area (Å²) in [7, 11) is 0. The van der Waals surface area contributed by atoms with Gasteiger partial charge in [-0.3, -0.25) is 9.59 Å². The largest absolute Gasteiger partial charge is 0.331 e. The number of fused-ring (bicyclic) bond motifs is 1. The van der Waals surface area contributed by atoms with Crippen molar-refractivity contribution in [1.82, 2.24) is 9.88 Å². The normalized spacial score (nSPS) is 14.9. The lowest BCUT2D eigenvalue weighted by Crippen LogP contribution is -2.42. The maximum atomic E-state index is 13.5. The van der Waals surface area contributed by atoms with Crippen LogP contribution in [0.3, 0.4) is 0 Å². The zero-order chi connectivity index (χ0) is 19.5. The van der Waals surface area contributed by atoms with E-state index in [1.807, 2.05) is 66.4 Å². The number of aryl methyl sites for hydroxylation is 1. The minimum absolute atomic E-state index is 0.0255. The molecule has 1 amide bonds. The summed E-state index contributed by atoms with van der Waals surface area (Å²) in [6, 6.07) is 17.6. The fourth-order valence-corrected chi connectivity index (χ4v) is 4.22. The van der Waals surface area contributed by atoms with E-state index in [0.717, 1.165) is 47.7 Å². The Balaban J connectivity index is 1.72. The Morgan fingerprint density at radius 1 is 1.04 bits per heavy atom. The number of hydrogen-bond acceptors (Lipinski definition) is 2. The summed E-state index contributed by atoms with van der Waals surface area (Å²) >= 11 is 0. The zero-order valence-corrected chi connectivity index (χ0v) is 16.3. The van der Waals surface area contributed by atoms with E-state index in [-0.39, 0.29) is 17.5 Å². The van der Waals surface area contributed by atoms with Gasteiger partial charge in [-0.15, -0.1) is 0 Å². The molecule has 1 fully saturated rings. The van der Waals surface area contributed by atoms with Gasteiger partial charge in [0, 0.05) is 22.7 Å². The fourth-order valence-electron chi connectivity index (χ4n) is 4.22. The van der Waals surface area contributed by atoms with Gasteiger partial charge in [-0.05, 0) is 48.9 Å². The van der Waals surface area contributed by atoms with Crippen LogP contribution in [0.2, 0.25) is 0 Å². The van der Waals surface area contributed by atoms with Crippen LogP contribution in [0.1, 0.15) is 53.6 Å². The third-order valence-electron chi connectivity index (χ3n) is 5.82. The molecule has 0 atom stereocenters. The van der Waals surface area contributed by atoms with Gasteiger partial charge in [0.05, 0.1) is 6.54 Å². The first-order valence-corrected chi connectivity index (χ1v) is 10.1. The molecular formula is C24H26N2O2. The molecule has 2 aromatic carbocycles. The van der Waals surface area contributed by atoms with E-state index >= 15 is 0 Å². The van der Waals surface area contributed by atoms with Gasteiger partial charge < -0.3 is 9.88 Å². The number of amides is 1. The standard InChI is InChI=1S/C24H26N2O2/c1-17-9-5-7-13-21(17)24(28)26(20-11-3-2-4-12-20)16-19-15-18-10-6-8-14-22(18)25-23(19)27/h5-10,13-15,20H,2-4,11-12,16H2,1H3,(H,25,27). The van der Waals surface area contributed by atoms with Crippen molar-refractivity contribution >= 4 is 16.8 Å². The Bertz CT molecular complexity index is 1050. The van der Waals surface area contributed by atoms with Crippen LogP contribution in [0.15, 0.2) is 59.4 Å². The summed E-state index contributed by atoms with van der Waals surface area (Å²) < 4.78 is 0. The third kappa shape index (κ3) is 3.72. The Labute approximate surface area is 165 Å². The number of nitrogens with zero attached hydrogens (tertiary/aromatic N) is 1. The van der Waals surface area contributed by atoms with Crippen LogP contribution in [-0.2, 0) is 6.54 Å². The Kier molecular flexibility index (Phi) is 5.29. The average molecular weight is 374 g/mol. The van der Waals surface area contributed by atoms with Crippen molar-refractivity contribution in [3.05, 3.63) is 81.6 Å². The van der Waals surface area contributed by atoms with Crippen LogP contribution in [-0.4, -0.2) is 21.8 Å². The maximum absolute atomic E-state index is 13.5. The topological polar surface area (TPSA) is 53.2 Å². The number of hydrogen-bond donors (Lipinski definition) is 1. The van der Waals surface area contributed by atoms with Crippen molar-refractivity contribution in [2.75, 3.05) is 0 Å². The molecule has 1 heterocycles. The first-order valence-electron chi connectivity index (χ1n) is 10.1. The molecule has 0 unspecified atom stereocenters. The van der Waals surface area contributed by atoms with Gasteiger partial charge in [-0.2, -0.15) is 0 Å². The molecule has 4 nitrogen and oxygen atoms in total. The summed E-state index contributed by atoms with van der Waals surface area (Å²) in [6.07, 6.45) is 5.50. The number of aromatic nitrogens is 1. The third-order valence-corrected chi connectivity index (χ3v) is 5.82. The minimum Gasteiger partial charge on any atom is -0.331 e. The predicted molar refractivity (Wildman–Crippen MR) is 112 cm³/mol. The van der Waals surface area contributed by atoms with Crippen LogP contribution in [0.4, 0.5) is 0 Å². The highest BCUT2D eigenvalue weighted by atomic mass is 16.2. The summed E-state index contributed by atoms with van der Waals surface area (Å²) in [4.78, 5) is 31.0. The molecule has 0 spiro atoms. The molecule has 1 N–H and O–H groups in total. The number of nitrogens with one attached hydrogen (secondary N) is 1. The molecule has 0 aliphatic heterocycles. The lowest BCUT2D eigenvalue weighted by atomic mass is 9.93. The van der Waals surface area contributed by atoms with E-state index in [2.05, 4.69) is 4.98 Å². The fraction of sp³-hybridized carbons (Fsp3) is 0.333. The zero-order valence-electron chi connectivity index (χ0n) is 16.3. The summed E-state index contributed by atoms with van der Waals surface area (Å²) in [5, 5.41) is 0.990. The molecule has 144 valence electrons. The van der Waals surface area contributed by atoms with Gasteiger partial charge in [0.2, 0.25) is 0 Å². The Morgan fingerprint density at radius 3 is 2.54 bits per heavy atom. The van der Waals surface area contributed by atoms with Crippen LogP contribution in [0, 0.1) is 6.92 Å². The van der Waals surface area contributed by atoms with E-state index in [1.54, 1.807) is 0 Å². The van der Waals surface area contributed by atoms with Crippen molar-refractivity contribution in [3.63, 3.8) is 0 Å². The molecule has 4 rings (SSSR count). The van der Waals surface area contributed by atoms with Crippen molar-refractivity contribution < 1.29 is 4.79 Å². The van der Waals surface area contributed by atoms with E-state index in [0.29, 0.717) is 12.1 Å². The van der Waals surface area contributed by atoms with Gasteiger partial charge in [0.25, 0.3) is 11.5 Å². The quantitative estimate of drug-likeness (QED) is 0.712. The minimum atomic E-state index is -0.114. The first kappa shape index (κ1) is 18.5. The van der Waals surface area contributed by atoms with Crippen molar-refractivity contribution in [2.24, 2.45) is 0 Å². The van der Waals surface area contributed by atoms with Crippen LogP contribution in [0.25, 0.3) is 10.9 Å². The summed E-state index contributed by atoms with van der Waals surface area (Å²) in [5.74, 6) is 0.0255. The smallest absolute Gasteiger partial charge is 0.254 e. The second-order valence-corrected chi connectivity index (χ2v) is 7.75. The lowest BCUT2D eigenvalue weighted by Gasteiger charge is -2.34. The molecule has 1 aliphatic carbocycles. The molecule has 1 aromatic heterocycles. The Morgan fingerprint density at radius 2 is 1.75 bits per heavy atom. The van der Waals surface area contributed by atoms with Crippen molar-refractivity contribution in [1.29, 1.82) is 0 Å². The van der Waals surface area contributed by atoms with E-state index in [9.17, 15) is 9.59 Å². The maximum Gasteiger partial charge on any atom is 0.254 e. The van der Waals surface area contributed by atoms with Gasteiger partial charge in [-0.25, -0.2) is 0 Å². The van der Waals surface area contributed by atoms with Gasteiger partial charge >= 0.3 is 0 Å². The molecule has 4 heteroatoms. The Hall–Kier alpha value is -2.88. The average Bonchev–Trinajstić information content (AvgIpc) is 2.72. The predicted octanol–water partition coefficient (Wildman–Crippen LogP) is 4.81. The number of benzene rings is 2.